The summed E-state index contributed by atoms with van der Waals surface area (Å²) in [4.78, 5) is 0. The molecule has 0 aromatic heterocycles. The average Bonchev–Trinajstić information content (AvgIpc) is 3.30. The number of fused-ring (bicyclic) bond motifs is 2. The first-order chi connectivity index (χ1) is 14.9. The summed E-state index contributed by atoms with van der Waals surface area (Å²) in [5, 5.41) is 2.84. The predicted octanol–water partition coefficient (Wildman–Crippen LogP) is 7.59. The maximum Gasteiger partial charge on any atom is -0.147 e. The Kier molecular flexibility index (Phi) is 8.95. The van der Waals surface area contributed by atoms with Crippen LogP contribution in [0.3, 0.4) is 0 Å². The van der Waals surface area contributed by atoms with Crippen molar-refractivity contribution >= 4 is 39.7 Å². The number of halogens is 2. The van der Waals surface area contributed by atoms with Crippen LogP contribution >= 0.6 is 24.8 Å². The second kappa shape index (κ2) is 10.3. The standard InChI is InChI=1S/C28H33.C3H6.2ClH.Zr/c1-8-19-10-9-11-25(19)28(27(5,6)7)15-14-24-21(18-28)16-20-17-22(26(2,3)4)12-13-23(20)24;1-3-2;;;/h9-10,12-17H,8,11H2,1-7H3;1-2H3;2*1H;. The molecule has 0 heterocycles. The van der Waals surface area contributed by atoms with Gasteiger partial charge < -0.3 is 0 Å². The van der Waals surface area contributed by atoms with E-state index in [1.165, 1.54) is 21.6 Å². The Morgan fingerprint density at radius 3 is 2.21 bits per heavy atom. The smallest absolute Gasteiger partial charge is 0.147 e. The normalized spacial score (nSPS) is 20.9. The molecule has 34 heavy (non-hydrogen) atoms. The Balaban J connectivity index is 0.00000204. The number of rotatable bonds is 3. The van der Waals surface area contributed by atoms with Gasteiger partial charge in [0.2, 0.25) is 0 Å². The number of benzene rings is 1. The average molecular weight is 576 g/mol. The summed E-state index contributed by atoms with van der Waals surface area (Å²) in [5.41, 5.74) is 7.98. The Hall–Kier alpha value is -0.747. The van der Waals surface area contributed by atoms with E-state index in [0.717, 1.165) is 12.8 Å². The Morgan fingerprint density at radius 1 is 0.971 bits per heavy atom. The second-order valence-electron chi connectivity index (χ2n) is 11.9. The molecule has 3 aliphatic rings. The van der Waals surface area contributed by atoms with Gasteiger partial charge in [0.25, 0.3) is 0 Å². The Bertz CT molecular complexity index is 1250. The van der Waals surface area contributed by atoms with E-state index in [1.54, 1.807) is 23.2 Å². The third-order valence-corrected chi connectivity index (χ3v) is 10.9. The molecule has 0 amide bonds. The number of allylic oxidation sites excluding steroid dienone is 8. The van der Waals surface area contributed by atoms with E-state index < -0.39 is 22.8 Å². The Morgan fingerprint density at radius 2 is 1.65 bits per heavy atom. The van der Waals surface area contributed by atoms with Gasteiger partial charge in [-0.25, -0.2) is 0 Å². The molecule has 0 N–H and O–H groups in total. The molecule has 0 aliphatic heterocycles. The second-order valence-corrected chi connectivity index (χ2v) is 16.2. The van der Waals surface area contributed by atoms with E-state index in [2.05, 4.69) is 111 Å². The third kappa shape index (κ3) is 4.79. The predicted molar refractivity (Wildman–Crippen MR) is 152 cm³/mol. The third-order valence-electron chi connectivity index (χ3n) is 7.41. The van der Waals surface area contributed by atoms with Gasteiger partial charge in [0, 0.05) is 0 Å². The quantitative estimate of drug-likeness (QED) is 0.348. The summed E-state index contributed by atoms with van der Waals surface area (Å²) in [6.07, 6.45) is 14.6. The molecule has 0 saturated carbocycles. The summed E-state index contributed by atoms with van der Waals surface area (Å²) in [7, 11) is 0. The maximum absolute atomic E-state index is 2.61. The summed E-state index contributed by atoms with van der Waals surface area (Å²) >= 11 is -0.871. The van der Waals surface area contributed by atoms with Crippen molar-refractivity contribution in [2.45, 2.75) is 80.6 Å². The van der Waals surface area contributed by atoms with E-state index in [0.29, 0.717) is 0 Å². The monoisotopic (exact) mass is 573 g/mol. The Labute approximate surface area is 230 Å². The first kappa shape index (κ1) is 29.5. The van der Waals surface area contributed by atoms with Crippen molar-refractivity contribution < 1.29 is 22.8 Å². The van der Waals surface area contributed by atoms with Crippen LogP contribution in [-0.2, 0) is 28.2 Å². The fraction of sp³-hybridized carbons (Fsp3) is 0.452. The summed E-state index contributed by atoms with van der Waals surface area (Å²) in [6, 6.07) is 7.17. The molecule has 3 aliphatic carbocycles. The summed E-state index contributed by atoms with van der Waals surface area (Å²) in [5.74, 6) is 0. The minimum atomic E-state index is -0.871. The van der Waals surface area contributed by atoms with Crippen molar-refractivity contribution in [2.75, 3.05) is 0 Å². The van der Waals surface area contributed by atoms with E-state index in [4.69, 9.17) is 0 Å². The fourth-order valence-corrected chi connectivity index (χ4v) is 9.75. The molecule has 1 aromatic carbocycles. The van der Waals surface area contributed by atoms with Gasteiger partial charge in [0.05, 0.1) is 0 Å². The van der Waals surface area contributed by atoms with Crippen molar-refractivity contribution in [3.63, 3.8) is 0 Å². The van der Waals surface area contributed by atoms with Crippen LogP contribution in [0, 0.1) is 10.8 Å². The van der Waals surface area contributed by atoms with Crippen LogP contribution in [0.25, 0.3) is 11.6 Å². The van der Waals surface area contributed by atoms with Crippen LogP contribution in [0.15, 0.2) is 62.5 Å². The molecule has 4 rings (SSSR count). The van der Waals surface area contributed by atoms with Crippen LogP contribution < -0.4 is 10.4 Å². The van der Waals surface area contributed by atoms with E-state index in [-0.39, 0.29) is 41.1 Å². The van der Waals surface area contributed by atoms with Gasteiger partial charge in [0.1, 0.15) is 0 Å². The molecule has 0 saturated heterocycles. The zero-order valence-corrected chi connectivity index (χ0v) is 26.4. The van der Waals surface area contributed by atoms with Crippen LogP contribution in [-0.4, -0.2) is 3.21 Å². The molecule has 0 radical (unpaired) electrons. The zero-order valence-electron chi connectivity index (χ0n) is 22.3. The molecular formula is C31H41Cl2Zr. The largest absolute Gasteiger partial charge is 0.147 e. The van der Waals surface area contributed by atoms with Gasteiger partial charge in [-0.05, 0) is 0 Å². The van der Waals surface area contributed by atoms with E-state index >= 15 is 0 Å². The van der Waals surface area contributed by atoms with Crippen molar-refractivity contribution in [1.29, 1.82) is 0 Å². The van der Waals surface area contributed by atoms with Gasteiger partial charge in [-0.15, -0.1) is 24.8 Å². The SMILES string of the molecule is CCC1=C(C2(C(C)(C)C)C=CC3=c4ccc(C(C)(C)C)cc4=CC3=[C]2[Zr]=[C](C)C)CC=C1.Cl.Cl. The molecule has 1 aromatic rings. The van der Waals surface area contributed by atoms with Gasteiger partial charge in [-0.1, -0.05) is 0 Å². The van der Waals surface area contributed by atoms with Gasteiger partial charge >= 0.3 is 208 Å². The minimum absolute atomic E-state index is 0. The van der Waals surface area contributed by atoms with Crippen LogP contribution in [0.5, 0.6) is 0 Å². The summed E-state index contributed by atoms with van der Waals surface area (Å²) in [6.45, 7) is 21.4. The molecule has 0 spiro atoms. The topological polar surface area (TPSA) is 0 Å². The molecule has 0 nitrogen and oxygen atoms in total. The molecule has 1 unspecified atom stereocenters. The fourth-order valence-electron chi connectivity index (χ4n) is 5.70. The maximum atomic E-state index is 2.61. The summed E-state index contributed by atoms with van der Waals surface area (Å²) < 4.78 is 3.42. The van der Waals surface area contributed by atoms with Gasteiger partial charge in [0.15, 0.2) is 0 Å². The zero-order chi connectivity index (χ0) is 23.5. The van der Waals surface area contributed by atoms with Crippen LogP contribution in [0.2, 0.25) is 0 Å². The van der Waals surface area contributed by atoms with Crippen molar-refractivity contribution in [3.8, 4) is 0 Å². The van der Waals surface area contributed by atoms with Crippen LogP contribution in [0.1, 0.15) is 80.7 Å². The molecule has 1 atom stereocenters. The van der Waals surface area contributed by atoms with Gasteiger partial charge in [-0.3, -0.25) is 0 Å². The molecular weight excluding hydrogens is 534 g/mol. The molecule has 183 valence electrons. The van der Waals surface area contributed by atoms with Crippen molar-refractivity contribution in [1.82, 2.24) is 0 Å². The number of hydrogen-bond acceptors (Lipinski definition) is 0. The van der Waals surface area contributed by atoms with Crippen molar-refractivity contribution in [3.05, 3.63) is 78.5 Å². The first-order valence-corrected chi connectivity index (χ1v) is 14.6. The van der Waals surface area contributed by atoms with E-state index in [1.807, 2.05) is 0 Å². The van der Waals surface area contributed by atoms with Crippen LogP contribution in [0.4, 0.5) is 0 Å². The molecule has 3 heteroatoms. The van der Waals surface area contributed by atoms with E-state index in [9.17, 15) is 0 Å². The molecule has 0 bridgehead atoms. The number of hydrogen-bond donors (Lipinski definition) is 0. The van der Waals surface area contributed by atoms with Crippen molar-refractivity contribution in [2.24, 2.45) is 10.8 Å². The van der Waals surface area contributed by atoms with Gasteiger partial charge in [-0.2, -0.15) is 0 Å². The molecule has 0 fully saturated rings. The first-order valence-electron chi connectivity index (χ1n) is 12.2. The minimum Gasteiger partial charge on any atom is -0.147 e.